The van der Waals surface area contributed by atoms with Crippen molar-refractivity contribution < 1.29 is 9.47 Å². The summed E-state index contributed by atoms with van der Waals surface area (Å²) < 4.78 is 13.3. The first-order valence-corrected chi connectivity index (χ1v) is 7.98. The van der Waals surface area contributed by atoms with Crippen LogP contribution in [-0.4, -0.2) is 35.1 Å². The van der Waals surface area contributed by atoms with Gasteiger partial charge in [-0.15, -0.1) is 0 Å². The quantitative estimate of drug-likeness (QED) is 0.591. The van der Waals surface area contributed by atoms with Crippen LogP contribution in [0.25, 0.3) is 0 Å². The van der Waals surface area contributed by atoms with Gasteiger partial charge in [-0.05, 0) is 0 Å². The van der Waals surface area contributed by atoms with Crippen LogP contribution in [0.15, 0.2) is 18.2 Å². The zero-order valence-corrected chi connectivity index (χ0v) is 11.9. The molecule has 1 aromatic rings. The number of rotatable bonds is 6. The molecule has 0 aliphatic heterocycles. The summed E-state index contributed by atoms with van der Waals surface area (Å²) in [5.74, 6) is 1.68. The summed E-state index contributed by atoms with van der Waals surface area (Å²) in [4.78, 5) is 0. The summed E-state index contributed by atoms with van der Waals surface area (Å²) in [6, 6.07) is 6.29. The first-order chi connectivity index (χ1) is 7.31. The van der Waals surface area contributed by atoms with Crippen LogP contribution in [0, 0.1) is 0 Å². The van der Waals surface area contributed by atoms with Crippen LogP contribution in [-0.2, 0) is 0 Å². The number of benzene rings is 1. The van der Waals surface area contributed by atoms with Crippen molar-refractivity contribution >= 4 is 24.5 Å². The van der Waals surface area contributed by atoms with E-state index in [0.29, 0.717) is 0 Å². The first kappa shape index (κ1) is 12.7. The van der Waals surface area contributed by atoms with Gasteiger partial charge < -0.3 is 0 Å². The zero-order valence-electron chi connectivity index (χ0n) is 9.58. The van der Waals surface area contributed by atoms with Crippen molar-refractivity contribution in [1.82, 2.24) is 0 Å². The van der Waals surface area contributed by atoms with Gasteiger partial charge in [-0.25, -0.2) is 0 Å². The number of unbranched alkanes of at least 4 members (excludes halogenated alkanes) is 1. The van der Waals surface area contributed by atoms with E-state index in [-0.39, 0.29) is 20.9 Å². The molecule has 0 radical (unpaired) electrons. The van der Waals surface area contributed by atoms with Gasteiger partial charge in [0, 0.05) is 0 Å². The molecule has 0 aromatic heterocycles. The zero-order chi connectivity index (χ0) is 11.1. The van der Waals surface area contributed by atoms with Crippen molar-refractivity contribution in [2.24, 2.45) is 0 Å². The van der Waals surface area contributed by atoms with E-state index in [4.69, 9.17) is 9.47 Å². The standard InChI is InChI=1S/C12H18O2Te/c1-4-5-8-15-10-6-7-11(13-2)12(9-10)14-3/h6-7,9H,4-5,8H2,1-3H3. The Kier molecular flexibility index (Phi) is 5.90. The Hall–Kier alpha value is -0.390. The minimum absolute atomic E-state index is 0.0335. The Morgan fingerprint density at radius 3 is 2.47 bits per heavy atom. The van der Waals surface area contributed by atoms with E-state index in [9.17, 15) is 0 Å². The average Bonchev–Trinajstić information content (AvgIpc) is 2.29. The van der Waals surface area contributed by atoms with E-state index in [2.05, 4.69) is 19.1 Å². The molecule has 0 aliphatic rings. The number of hydrogen-bond acceptors (Lipinski definition) is 2. The predicted molar refractivity (Wildman–Crippen MR) is 64.6 cm³/mol. The molecule has 0 bridgehead atoms. The topological polar surface area (TPSA) is 18.5 Å². The molecule has 0 heterocycles. The molecule has 0 N–H and O–H groups in total. The third kappa shape index (κ3) is 3.93. The first-order valence-electron chi connectivity index (χ1n) is 5.16. The Morgan fingerprint density at radius 2 is 1.87 bits per heavy atom. The summed E-state index contributed by atoms with van der Waals surface area (Å²) in [7, 11) is 3.36. The summed E-state index contributed by atoms with van der Waals surface area (Å²) >= 11 is -0.0335. The van der Waals surface area contributed by atoms with Gasteiger partial charge in [-0.2, -0.15) is 0 Å². The van der Waals surface area contributed by atoms with E-state index in [1.54, 1.807) is 14.2 Å². The second-order valence-corrected chi connectivity index (χ2v) is 6.55. The number of ether oxygens (including phenoxy) is 2. The molecule has 0 saturated heterocycles. The SMILES string of the molecule is CCCC[Te]c1ccc(OC)c(OC)c1. The third-order valence-electron chi connectivity index (χ3n) is 2.12. The third-order valence-corrected chi connectivity index (χ3v) is 5.20. The van der Waals surface area contributed by atoms with Crippen molar-refractivity contribution in [1.29, 1.82) is 0 Å². The molecule has 0 saturated carbocycles. The summed E-state index contributed by atoms with van der Waals surface area (Å²) in [5.41, 5.74) is 0. The summed E-state index contributed by atoms with van der Waals surface area (Å²) in [5, 5.41) is 0. The molecule has 15 heavy (non-hydrogen) atoms. The van der Waals surface area contributed by atoms with Crippen LogP contribution < -0.4 is 13.1 Å². The van der Waals surface area contributed by atoms with Crippen LogP contribution in [0.2, 0.25) is 4.47 Å². The second-order valence-electron chi connectivity index (χ2n) is 3.22. The molecule has 0 unspecified atom stereocenters. The molecule has 0 aliphatic carbocycles. The maximum absolute atomic E-state index is 5.28. The molecule has 3 heteroatoms. The second kappa shape index (κ2) is 6.98. The Balaban J connectivity index is 2.66. The van der Waals surface area contributed by atoms with Crippen molar-refractivity contribution in [2.75, 3.05) is 14.2 Å². The van der Waals surface area contributed by atoms with Gasteiger partial charge in [-0.1, -0.05) is 0 Å². The Morgan fingerprint density at radius 1 is 1.13 bits per heavy atom. The van der Waals surface area contributed by atoms with E-state index in [0.717, 1.165) is 11.5 Å². The normalized spacial score (nSPS) is 10.1. The van der Waals surface area contributed by atoms with Crippen LogP contribution in [0.3, 0.4) is 0 Å². The van der Waals surface area contributed by atoms with Gasteiger partial charge in [0.2, 0.25) is 0 Å². The summed E-state index contributed by atoms with van der Waals surface area (Å²) in [6.07, 6.45) is 2.63. The van der Waals surface area contributed by atoms with Crippen molar-refractivity contribution in [3.05, 3.63) is 18.2 Å². The molecule has 0 fully saturated rings. The molecule has 0 amide bonds. The van der Waals surface area contributed by atoms with Gasteiger partial charge in [0.25, 0.3) is 0 Å². The van der Waals surface area contributed by atoms with Crippen LogP contribution >= 0.6 is 0 Å². The summed E-state index contributed by atoms with van der Waals surface area (Å²) in [6.45, 7) is 2.24. The van der Waals surface area contributed by atoms with Crippen molar-refractivity contribution in [3.8, 4) is 11.5 Å². The Bertz CT molecular complexity index is 300. The fraction of sp³-hybridized carbons (Fsp3) is 0.500. The van der Waals surface area contributed by atoms with E-state index >= 15 is 0 Å². The fourth-order valence-electron chi connectivity index (χ4n) is 1.24. The molecule has 1 rings (SSSR count). The number of hydrogen-bond donors (Lipinski definition) is 0. The van der Waals surface area contributed by atoms with E-state index < -0.39 is 0 Å². The number of methoxy groups -OCH3 is 2. The monoisotopic (exact) mass is 324 g/mol. The van der Waals surface area contributed by atoms with Gasteiger partial charge in [0.05, 0.1) is 0 Å². The fourth-order valence-corrected chi connectivity index (χ4v) is 4.16. The minimum atomic E-state index is -0.0335. The van der Waals surface area contributed by atoms with Crippen LogP contribution in [0.4, 0.5) is 0 Å². The maximum atomic E-state index is 5.28. The van der Waals surface area contributed by atoms with Crippen molar-refractivity contribution in [2.45, 2.75) is 24.2 Å². The average molecular weight is 322 g/mol. The predicted octanol–water partition coefficient (Wildman–Crippen LogP) is 2.25. The molecular formula is C12H18O2Te. The molecule has 0 atom stereocenters. The van der Waals surface area contributed by atoms with Gasteiger partial charge >= 0.3 is 102 Å². The van der Waals surface area contributed by atoms with Gasteiger partial charge in [-0.3, -0.25) is 0 Å². The molecule has 84 valence electrons. The molecule has 0 spiro atoms. The van der Waals surface area contributed by atoms with Gasteiger partial charge in [0.15, 0.2) is 0 Å². The molecule has 1 aromatic carbocycles. The molecular weight excluding hydrogens is 304 g/mol. The van der Waals surface area contributed by atoms with Crippen LogP contribution in [0.1, 0.15) is 19.8 Å². The van der Waals surface area contributed by atoms with Crippen molar-refractivity contribution in [3.63, 3.8) is 0 Å². The molecule has 2 nitrogen and oxygen atoms in total. The van der Waals surface area contributed by atoms with Crippen LogP contribution in [0.5, 0.6) is 11.5 Å². The van der Waals surface area contributed by atoms with Gasteiger partial charge in [0.1, 0.15) is 0 Å². The van der Waals surface area contributed by atoms with E-state index in [1.807, 2.05) is 6.07 Å². The Labute approximate surface area is 102 Å². The van der Waals surface area contributed by atoms with E-state index in [1.165, 1.54) is 20.9 Å².